The molecule has 0 spiro atoms. The van der Waals surface area contributed by atoms with Crippen LogP contribution in [-0.4, -0.2) is 39.8 Å². The number of aliphatic hydroxyl groups excluding tert-OH is 1. The van der Waals surface area contributed by atoms with Gasteiger partial charge in [0, 0.05) is 22.6 Å². The number of nitrogens with zero attached hydrogens (tertiary/aromatic N) is 2. The van der Waals surface area contributed by atoms with E-state index in [1.54, 1.807) is 19.1 Å². The Hall–Kier alpha value is -3.67. The first kappa shape index (κ1) is 22.1. The van der Waals surface area contributed by atoms with Crippen molar-refractivity contribution >= 4 is 22.8 Å². The molecule has 176 valence electrons. The van der Waals surface area contributed by atoms with Crippen molar-refractivity contribution in [3.05, 3.63) is 62.2 Å². The Bertz CT molecular complexity index is 1430. The van der Waals surface area contributed by atoms with E-state index < -0.39 is 23.4 Å². The quantitative estimate of drug-likeness (QED) is 0.218. The number of aliphatic hydroxyl groups is 1. The summed E-state index contributed by atoms with van der Waals surface area (Å²) >= 11 is 0. The fourth-order valence-electron chi connectivity index (χ4n) is 4.36. The van der Waals surface area contributed by atoms with Gasteiger partial charge in [0.25, 0.3) is 5.56 Å². The third-order valence-electron chi connectivity index (χ3n) is 6.16. The van der Waals surface area contributed by atoms with Crippen molar-refractivity contribution in [2.45, 2.75) is 32.8 Å². The molecule has 0 bridgehead atoms. The highest BCUT2D eigenvalue weighted by molar-refractivity contribution is 5.89. The maximum Gasteiger partial charge on any atom is 0.340 e. The average molecular weight is 468 g/mol. The Morgan fingerprint density at radius 2 is 2.15 bits per heavy atom. The van der Waals surface area contributed by atoms with Crippen LogP contribution < -0.4 is 16.6 Å². The second-order valence-electron chi connectivity index (χ2n) is 8.20. The van der Waals surface area contributed by atoms with Gasteiger partial charge in [0.05, 0.1) is 42.2 Å². The summed E-state index contributed by atoms with van der Waals surface area (Å²) in [6.07, 6.45) is -1.57. The number of fused-ring (bicyclic) bond motifs is 5. The number of amides is 1. The summed E-state index contributed by atoms with van der Waals surface area (Å²) in [6.45, 7) is 1.40. The van der Waals surface area contributed by atoms with Crippen LogP contribution >= 0.6 is 0 Å². The Morgan fingerprint density at radius 3 is 2.91 bits per heavy atom. The van der Waals surface area contributed by atoms with Gasteiger partial charge in [-0.25, -0.2) is 14.2 Å². The monoisotopic (exact) mass is 468 g/mol. The lowest BCUT2D eigenvalue weighted by molar-refractivity contribution is -0.157. The van der Waals surface area contributed by atoms with Crippen molar-refractivity contribution in [2.75, 3.05) is 13.3 Å². The smallest absolute Gasteiger partial charge is 0.340 e. The molecule has 1 aromatic carbocycles. The lowest BCUT2D eigenvalue weighted by atomic mass is 9.98. The van der Waals surface area contributed by atoms with Crippen molar-refractivity contribution in [3.63, 3.8) is 0 Å². The number of hydrogen-bond donors (Lipinski definition) is 3. The number of cyclic esters (lactones) is 1. The number of esters is 1. The summed E-state index contributed by atoms with van der Waals surface area (Å²) in [6, 6.07) is 4.54. The lowest BCUT2D eigenvalue weighted by Gasteiger charge is -2.21. The number of pyridine rings is 2. The molecular weight excluding hydrogens is 447 g/mol. The van der Waals surface area contributed by atoms with Gasteiger partial charge in [-0.3, -0.25) is 9.59 Å². The number of benzene rings is 1. The fourth-order valence-corrected chi connectivity index (χ4v) is 4.36. The van der Waals surface area contributed by atoms with Crippen molar-refractivity contribution in [1.82, 2.24) is 14.9 Å². The minimum absolute atomic E-state index is 0.0595. The van der Waals surface area contributed by atoms with Gasteiger partial charge < -0.3 is 30.2 Å². The predicted molar refractivity (Wildman–Crippen MR) is 117 cm³/mol. The zero-order chi connectivity index (χ0) is 24.1. The molecule has 0 saturated carbocycles. The second kappa shape index (κ2) is 8.28. The van der Waals surface area contributed by atoms with E-state index in [4.69, 9.17) is 15.2 Å². The highest BCUT2D eigenvalue weighted by Crippen LogP contribution is 2.38. The SMILES string of the molecule is Cc1cc2c(COCNC(=O)CN)c3c(nc2cc1F)-c1cc2c(c(=O)n1C3)COC(=O)[C@H]2O. The standard InChI is InChI=1S/C23H21FN4O6/c1-10-2-11-14(7-33-9-26-19(29)5-25)13-6-28-18(20(13)27-17(11)4-16(10)24)3-12-15(22(28)31)8-34-23(32)21(12)30/h2-4,21,30H,5-9,25H2,1H3,(H,26,29)/t21-/m0/s1. The van der Waals surface area contributed by atoms with Gasteiger partial charge in [0.15, 0.2) is 6.10 Å². The number of nitrogens with one attached hydrogen (secondary N) is 1. The number of ether oxygens (including phenoxy) is 2. The Morgan fingerprint density at radius 1 is 1.35 bits per heavy atom. The van der Waals surface area contributed by atoms with Gasteiger partial charge in [-0.05, 0) is 30.2 Å². The maximum absolute atomic E-state index is 14.4. The van der Waals surface area contributed by atoms with E-state index in [-0.39, 0.29) is 50.1 Å². The first-order chi connectivity index (χ1) is 16.3. The van der Waals surface area contributed by atoms with Crippen molar-refractivity contribution < 1.29 is 28.6 Å². The Labute approximate surface area is 192 Å². The van der Waals surface area contributed by atoms with Crippen molar-refractivity contribution in [1.29, 1.82) is 0 Å². The van der Waals surface area contributed by atoms with E-state index in [0.717, 1.165) is 0 Å². The molecule has 5 rings (SSSR count). The van der Waals surface area contributed by atoms with E-state index in [2.05, 4.69) is 10.3 Å². The summed E-state index contributed by atoms with van der Waals surface area (Å²) in [5, 5.41) is 13.5. The third kappa shape index (κ3) is 3.45. The topological polar surface area (TPSA) is 146 Å². The van der Waals surface area contributed by atoms with Gasteiger partial charge in [-0.15, -0.1) is 0 Å². The average Bonchev–Trinajstić information content (AvgIpc) is 3.18. The molecule has 0 saturated heterocycles. The molecule has 0 unspecified atom stereocenters. The number of rotatable bonds is 5. The Kier molecular flexibility index (Phi) is 5.39. The molecule has 4 heterocycles. The molecule has 4 N–H and O–H groups in total. The molecule has 2 aliphatic rings. The minimum Gasteiger partial charge on any atom is -0.458 e. The number of carbonyl (C=O) groups is 2. The minimum atomic E-state index is -1.57. The van der Waals surface area contributed by atoms with Crippen LogP contribution in [0.3, 0.4) is 0 Å². The largest absolute Gasteiger partial charge is 0.458 e. The fraction of sp³-hybridized carbons (Fsp3) is 0.304. The number of nitrogens with two attached hydrogens (primary N) is 1. The molecule has 11 heteroatoms. The van der Waals surface area contributed by atoms with Crippen molar-refractivity contribution in [3.8, 4) is 11.4 Å². The van der Waals surface area contributed by atoms with Crippen molar-refractivity contribution in [2.24, 2.45) is 5.73 Å². The van der Waals surface area contributed by atoms with E-state index in [1.165, 1.54) is 10.6 Å². The summed E-state index contributed by atoms with van der Waals surface area (Å²) in [4.78, 5) is 41.1. The molecule has 1 atom stereocenters. The molecular formula is C23H21FN4O6. The van der Waals surface area contributed by atoms with E-state index in [0.29, 0.717) is 39.0 Å². The molecule has 10 nitrogen and oxygen atoms in total. The number of aromatic nitrogens is 2. The number of hydrogen-bond acceptors (Lipinski definition) is 8. The number of carbonyl (C=O) groups excluding carboxylic acids is 2. The molecule has 34 heavy (non-hydrogen) atoms. The van der Waals surface area contributed by atoms with Crippen LogP contribution in [-0.2, 0) is 38.8 Å². The normalized spacial score (nSPS) is 16.1. The Balaban J connectivity index is 1.65. The summed E-state index contributed by atoms with van der Waals surface area (Å²) in [5.41, 5.74) is 8.30. The second-order valence-corrected chi connectivity index (χ2v) is 8.20. The zero-order valence-electron chi connectivity index (χ0n) is 18.2. The van der Waals surface area contributed by atoms with Crippen LogP contribution in [0.1, 0.15) is 33.9 Å². The number of halogens is 1. The van der Waals surface area contributed by atoms with Crippen LogP contribution in [0, 0.1) is 12.7 Å². The van der Waals surface area contributed by atoms with Gasteiger partial charge in [0.1, 0.15) is 19.2 Å². The highest BCUT2D eigenvalue weighted by Gasteiger charge is 2.34. The van der Waals surface area contributed by atoms with Crippen LogP contribution in [0.25, 0.3) is 22.3 Å². The lowest BCUT2D eigenvalue weighted by Crippen LogP contribution is -2.32. The van der Waals surface area contributed by atoms with E-state index in [1.807, 2.05) is 0 Å². The van der Waals surface area contributed by atoms with Gasteiger partial charge in [-0.1, -0.05) is 0 Å². The maximum atomic E-state index is 14.4. The summed E-state index contributed by atoms with van der Waals surface area (Å²) < 4.78 is 26.4. The molecule has 2 aliphatic heterocycles. The van der Waals surface area contributed by atoms with E-state index >= 15 is 0 Å². The van der Waals surface area contributed by atoms with Crippen LogP contribution in [0.4, 0.5) is 4.39 Å². The van der Waals surface area contributed by atoms with Gasteiger partial charge >= 0.3 is 5.97 Å². The molecule has 2 aromatic heterocycles. The first-order valence-corrected chi connectivity index (χ1v) is 10.6. The molecule has 3 aromatic rings. The summed E-state index contributed by atoms with van der Waals surface area (Å²) in [7, 11) is 0. The van der Waals surface area contributed by atoms with Crippen LogP contribution in [0.5, 0.6) is 0 Å². The van der Waals surface area contributed by atoms with Gasteiger partial charge in [0.2, 0.25) is 5.91 Å². The summed E-state index contributed by atoms with van der Waals surface area (Å²) in [5.74, 6) is -1.63. The van der Waals surface area contributed by atoms with E-state index in [9.17, 15) is 23.9 Å². The third-order valence-corrected chi connectivity index (χ3v) is 6.16. The zero-order valence-corrected chi connectivity index (χ0v) is 18.2. The molecule has 0 fully saturated rings. The predicted octanol–water partition coefficient (Wildman–Crippen LogP) is 0.512. The van der Waals surface area contributed by atoms with Gasteiger partial charge in [-0.2, -0.15) is 0 Å². The van der Waals surface area contributed by atoms with Crippen LogP contribution in [0.2, 0.25) is 0 Å². The van der Waals surface area contributed by atoms with Crippen LogP contribution in [0.15, 0.2) is 23.0 Å². The number of aryl methyl sites for hydroxylation is 1. The molecule has 0 radical (unpaired) electrons. The first-order valence-electron chi connectivity index (χ1n) is 10.6. The molecule has 1 amide bonds. The molecule has 0 aliphatic carbocycles. The highest BCUT2D eigenvalue weighted by atomic mass is 19.1.